The summed E-state index contributed by atoms with van der Waals surface area (Å²) in [5.74, 6) is 4.15. The van der Waals surface area contributed by atoms with Crippen LogP contribution in [-0.4, -0.2) is 19.3 Å². The average molecular weight is 261 g/mol. The minimum Gasteiger partial charge on any atom is -0.490 e. The van der Waals surface area contributed by atoms with Gasteiger partial charge in [0.05, 0.1) is 13.2 Å². The zero-order chi connectivity index (χ0) is 14.1. The molecule has 0 saturated heterocycles. The molecule has 0 radical (unpaired) electrons. The Morgan fingerprint density at radius 2 is 2.11 bits per heavy atom. The Bertz CT molecular complexity index is 421. The smallest absolute Gasteiger partial charge is 0.161 e. The van der Waals surface area contributed by atoms with Crippen LogP contribution < -0.4 is 15.2 Å². The average Bonchev–Trinajstić information content (AvgIpc) is 2.36. The fraction of sp³-hybridized carbons (Fsp3) is 0.500. The van der Waals surface area contributed by atoms with E-state index in [0.717, 1.165) is 36.3 Å². The normalized spacial score (nSPS) is 11.7. The van der Waals surface area contributed by atoms with Crippen LogP contribution in [0.2, 0.25) is 0 Å². The van der Waals surface area contributed by atoms with Crippen molar-refractivity contribution in [2.75, 3.05) is 13.2 Å². The first-order valence-electron chi connectivity index (χ1n) is 6.75. The van der Waals surface area contributed by atoms with Gasteiger partial charge in [0.2, 0.25) is 0 Å². The van der Waals surface area contributed by atoms with E-state index in [1.807, 2.05) is 32.0 Å². The lowest BCUT2D eigenvalue weighted by molar-refractivity contribution is 0.274. The van der Waals surface area contributed by atoms with E-state index in [0.29, 0.717) is 13.2 Å². The summed E-state index contributed by atoms with van der Waals surface area (Å²) in [7, 11) is 0. The van der Waals surface area contributed by atoms with Gasteiger partial charge in [-0.25, -0.2) is 0 Å². The summed E-state index contributed by atoms with van der Waals surface area (Å²) in [5, 5.41) is 0. The first-order chi connectivity index (χ1) is 9.17. The lowest BCUT2D eigenvalue weighted by atomic mass is 10.1. The highest BCUT2D eigenvalue weighted by atomic mass is 16.5. The van der Waals surface area contributed by atoms with Crippen molar-refractivity contribution in [3.63, 3.8) is 0 Å². The van der Waals surface area contributed by atoms with Gasteiger partial charge in [-0.3, -0.25) is 0 Å². The standard InChI is InChI=1S/C16H23NO2/c1-4-6-7-10-19-15-9-8-14(11-13(3)17)12-16(15)18-5-2/h1,8-9,12-13H,5-7,10-11,17H2,2-3H3. The van der Waals surface area contributed by atoms with Gasteiger partial charge in [0.1, 0.15) is 0 Å². The second-order valence-corrected chi connectivity index (χ2v) is 4.55. The molecule has 0 aliphatic rings. The molecule has 1 unspecified atom stereocenters. The molecule has 0 bridgehead atoms. The summed E-state index contributed by atoms with van der Waals surface area (Å²) in [6.07, 6.45) is 7.62. The molecule has 104 valence electrons. The number of hydrogen-bond acceptors (Lipinski definition) is 3. The quantitative estimate of drug-likeness (QED) is 0.578. The molecule has 0 spiro atoms. The number of hydrogen-bond donors (Lipinski definition) is 1. The van der Waals surface area contributed by atoms with Crippen LogP contribution in [0.15, 0.2) is 18.2 Å². The molecule has 0 heterocycles. The summed E-state index contributed by atoms with van der Waals surface area (Å²) in [6.45, 7) is 5.17. The highest BCUT2D eigenvalue weighted by Gasteiger charge is 2.07. The van der Waals surface area contributed by atoms with E-state index in [1.54, 1.807) is 0 Å². The van der Waals surface area contributed by atoms with Gasteiger partial charge >= 0.3 is 0 Å². The molecule has 1 aromatic carbocycles. The number of benzene rings is 1. The fourth-order valence-corrected chi connectivity index (χ4v) is 1.80. The van der Waals surface area contributed by atoms with Crippen LogP contribution in [0.3, 0.4) is 0 Å². The predicted molar refractivity (Wildman–Crippen MR) is 78.5 cm³/mol. The number of rotatable bonds is 8. The number of ether oxygens (including phenoxy) is 2. The molecule has 0 aromatic heterocycles. The number of nitrogens with two attached hydrogens (primary N) is 1. The van der Waals surface area contributed by atoms with Gasteiger partial charge in [-0.1, -0.05) is 6.07 Å². The Morgan fingerprint density at radius 3 is 2.74 bits per heavy atom. The molecule has 0 amide bonds. The lowest BCUT2D eigenvalue weighted by Gasteiger charge is -2.14. The first kappa shape index (κ1) is 15.4. The van der Waals surface area contributed by atoms with Crippen molar-refractivity contribution in [1.82, 2.24) is 0 Å². The third-order valence-electron chi connectivity index (χ3n) is 2.59. The van der Waals surface area contributed by atoms with Gasteiger partial charge in [-0.05, 0) is 44.4 Å². The SMILES string of the molecule is C#CCCCOc1ccc(CC(C)N)cc1OCC. The highest BCUT2D eigenvalue weighted by Crippen LogP contribution is 2.29. The molecule has 1 aromatic rings. The summed E-state index contributed by atoms with van der Waals surface area (Å²) < 4.78 is 11.3. The maximum absolute atomic E-state index is 5.81. The van der Waals surface area contributed by atoms with Gasteiger partial charge in [0, 0.05) is 12.5 Å². The van der Waals surface area contributed by atoms with E-state index in [-0.39, 0.29) is 6.04 Å². The largest absolute Gasteiger partial charge is 0.490 e. The van der Waals surface area contributed by atoms with Crippen LogP contribution in [-0.2, 0) is 6.42 Å². The van der Waals surface area contributed by atoms with E-state index in [4.69, 9.17) is 21.6 Å². The summed E-state index contributed by atoms with van der Waals surface area (Å²) in [6, 6.07) is 6.11. The van der Waals surface area contributed by atoms with Crippen molar-refractivity contribution in [2.45, 2.75) is 39.2 Å². The summed E-state index contributed by atoms with van der Waals surface area (Å²) in [4.78, 5) is 0. The Morgan fingerprint density at radius 1 is 1.32 bits per heavy atom. The third kappa shape index (κ3) is 5.67. The van der Waals surface area contributed by atoms with Crippen LogP contribution in [0.4, 0.5) is 0 Å². The van der Waals surface area contributed by atoms with Crippen molar-refractivity contribution in [1.29, 1.82) is 0 Å². The second kappa shape index (κ2) is 8.44. The monoisotopic (exact) mass is 261 g/mol. The minimum absolute atomic E-state index is 0.136. The van der Waals surface area contributed by atoms with Crippen molar-refractivity contribution in [2.24, 2.45) is 5.73 Å². The Hall–Kier alpha value is -1.66. The van der Waals surface area contributed by atoms with Crippen LogP contribution in [0.5, 0.6) is 11.5 Å². The molecule has 0 fully saturated rings. The lowest BCUT2D eigenvalue weighted by Crippen LogP contribution is -2.17. The molecule has 2 N–H and O–H groups in total. The van der Waals surface area contributed by atoms with Gasteiger partial charge in [0.15, 0.2) is 11.5 Å². The first-order valence-corrected chi connectivity index (χ1v) is 6.75. The molecule has 3 heteroatoms. The van der Waals surface area contributed by atoms with E-state index in [2.05, 4.69) is 5.92 Å². The Kier molecular flexibility index (Phi) is 6.84. The van der Waals surface area contributed by atoms with Crippen molar-refractivity contribution >= 4 is 0 Å². The van der Waals surface area contributed by atoms with E-state index in [1.165, 1.54) is 0 Å². The van der Waals surface area contributed by atoms with Crippen LogP contribution in [0.1, 0.15) is 32.3 Å². The highest BCUT2D eigenvalue weighted by molar-refractivity contribution is 5.43. The Labute approximate surface area is 116 Å². The third-order valence-corrected chi connectivity index (χ3v) is 2.59. The van der Waals surface area contributed by atoms with Gasteiger partial charge in [-0.15, -0.1) is 12.3 Å². The molecule has 0 aliphatic heterocycles. The zero-order valence-corrected chi connectivity index (χ0v) is 11.8. The van der Waals surface area contributed by atoms with Gasteiger partial charge in [0.25, 0.3) is 0 Å². The van der Waals surface area contributed by atoms with Gasteiger partial charge < -0.3 is 15.2 Å². The number of unbranched alkanes of at least 4 members (excludes halogenated alkanes) is 1. The van der Waals surface area contributed by atoms with Crippen LogP contribution >= 0.6 is 0 Å². The molecule has 3 nitrogen and oxygen atoms in total. The van der Waals surface area contributed by atoms with Crippen LogP contribution in [0.25, 0.3) is 0 Å². The molecule has 1 atom stereocenters. The maximum Gasteiger partial charge on any atom is 0.161 e. The van der Waals surface area contributed by atoms with Crippen molar-refractivity contribution in [3.05, 3.63) is 23.8 Å². The van der Waals surface area contributed by atoms with E-state index < -0.39 is 0 Å². The number of terminal acetylenes is 1. The van der Waals surface area contributed by atoms with Crippen LogP contribution in [0, 0.1) is 12.3 Å². The Balaban J connectivity index is 2.71. The minimum atomic E-state index is 0.136. The summed E-state index contributed by atoms with van der Waals surface area (Å²) >= 11 is 0. The van der Waals surface area contributed by atoms with E-state index >= 15 is 0 Å². The molecular formula is C16H23NO2. The fourth-order valence-electron chi connectivity index (χ4n) is 1.80. The zero-order valence-electron chi connectivity index (χ0n) is 11.8. The van der Waals surface area contributed by atoms with Crippen molar-refractivity contribution in [3.8, 4) is 23.8 Å². The predicted octanol–water partition coefficient (Wildman–Crippen LogP) is 2.77. The molecule has 0 aliphatic carbocycles. The molecule has 1 rings (SSSR count). The molecular weight excluding hydrogens is 238 g/mol. The van der Waals surface area contributed by atoms with Gasteiger partial charge in [-0.2, -0.15) is 0 Å². The van der Waals surface area contributed by atoms with Crippen molar-refractivity contribution < 1.29 is 9.47 Å². The maximum atomic E-state index is 5.81. The van der Waals surface area contributed by atoms with E-state index in [9.17, 15) is 0 Å². The second-order valence-electron chi connectivity index (χ2n) is 4.55. The topological polar surface area (TPSA) is 44.5 Å². The molecule has 19 heavy (non-hydrogen) atoms. The summed E-state index contributed by atoms with van der Waals surface area (Å²) in [5.41, 5.74) is 6.97. The molecule has 0 saturated carbocycles.